The Labute approximate surface area is 178 Å². The van der Waals surface area contributed by atoms with Crippen molar-refractivity contribution in [1.82, 2.24) is 14.9 Å². The molecule has 1 fully saturated rings. The maximum absolute atomic E-state index is 11.2. The standard InChI is InChI=1S/C22H32N4O4/c1-25(16-19-4-6-20(7-5-19)30-15-14-29-13-12-27)17-22(28)8-2-11-26(18-22)21-23-9-3-10-24-21/h3-7,9-10,27-28H,2,8,11-18H2,1H3/t22-/m1/s1. The van der Waals surface area contributed by atoms with Crippen LogP contribution in [0.25, 0.3) is 0 Å². The van der Waals surface area contributed by atoms with Crippen molar-refractivity contribution in [1.29, 1.82) is 0 Å². The largest absolute Gasteiger partial charge is 0.491 e. The fourth-order valence-electron chi connectivity index (χ4n) is 3.81. The van der Waals surface area contributed by atoms with E-state index in [2.05, 4.69) is 19.8 Å². The minimum atomic E-state index is -0.788. The zero-order chi connectivity index (χ0) is 21.2. The fourth-order valence-corrected chi connectivity index (χ4v) is 3.81. The molecule has 2 N–H and O–H groups in total. The Kier molecular flexibility index (Phi) is 8.39. The van der Waals surface area contributed by atoms with E-state index >= 15 is 0 Å². The molecule has 1 aromatic heterocycles. The highest BCUT2D eigenvalue weighted by Gasteiger charge is 2.35. The van der Waals surface area contributed by atoms with Gasteiger partial charge in [0.05, 0.1) is 32.0 Å². The van der Waals surface area contributed by atoms with Crippen LogP contribution in [0.3, 0.4) is 0 Å². The summed E-state index contributed by atoms with van der Waals surface area (Å²) in [5.74, 6) is 1.47. The molecule has 0 unspecified atom stereocenters. The van der Waals surface area contributed by atoms with E-state index in [-0.39, 0.29) is 6.61 Å². The number of aliphatic hydroxyl groups excluding tert-OH is 1. The minimum Gasteiger partial charge on any atom is -0.491 e. The van der Waals surface area contributed by atoms with Crippen LogP contribution in [0.4, 0.5) is 5.95 Å². The number of ether oxygens (including phenoxy) is 2. The second-order valence-electron chi connectivity index (χ2n) is 7.80. The van der Waals surface area contributed by atoms with Gasteiger partial charge in [0.25, 0.3) is 0 Å². The SMILES string of the molecule is CN(Cc1ccc(OCCOCCO)cc1)C[C@]1(O)CCCN(c2ncccn2)C1. The molecule has 1 aliphatic rings. The van der Waals surface area contributed by atoms with Crippen LogP contribution in [-0.2, 0) is 11.3 Å². The van der Waals surface area contributed by atoms with Gasteiger partial charge in [-0.3, -0.25) is 4.90 Å². The molecule has 0 aliphatic carbocycles. The number of piperidine rings is 1. The summed E-state index contributed by atoms with van der Waals surface area (Å²) >= 11 is 0. The molecule has 0 saturated carbocycles. The van der Waals surface area contributed by atoms with Crippen molar-refractivity contribution in [2.75, 3.05) is 58.0 Å². The van der Waals surface area contributed by atoms with E-state index in [1.807, 2.05) is 31.3 Å². The molecule has 3 rings (SSSR count). The summed E-state index contributed by atoms with van der Waals surface area (Å²) in [7, 11) is 2.03. The average molecular weight is 417 g/mol. The molecule has 0 radical (unpaired) electrons. The van der Waals surface area contributed by atoms with Crippen molar-refractivity contribution in [2.24, 2.45) is 0 Å². The van der Waals surface area contributed by atoms with Gasteiger partial charge in [-0.1, -0.05) is 12.1 Å². The van der Waals surface area contributed by atoms with E-state index in [0.29, 0.717) is 38.9 Å². The summed E-state index contributed by atoms with van der Waals surface area (Å²) in [5, 5.41) is 19.8. The number of aromatic nitrogens is 2. The number of hydrogen-bond donors (Lipinski definition) is 2. The van der Waals surface area contributed by atoms with Crippen LogP contribution < -0.4 is 9.64 Å². The normalized spacial score (nSPS) is 19.3. The Morgan fingerprint density at radius 2 is 1.90 bits per heavy atom. The number of benzene rings is 1. The summed E-state index contributed by atoms with van der Waals surface area (Å²) in [6, 6.07) is 9.76. The molecular weight excluding hydrogens is 384 g/mol. The zero-order valence-electron chi connectivity index (χ0n) is 17.6. The third-order valence-corrected chi connectivity index (χ3v) is 5.06. The molecule has 0 bridgehead atoms. The molecule has 0 spiro atoms. The first-order valence-electron chi connectivity index (χ1n) is 10.4. The van der Waals surface area contributed by atoms with Gasteiger partial charge >= 0.3 is 0 Å². The second kappa shape index (κ2) is 11.2. The number of rotatable bonds is 11. The van der Waals surface area contributed by atoms with E-state index in [1.54, 1.807) is 18.5 Å². The highest BCUT2D eigenvalue weighted by molar-refractivity contribution is 5.31. The molecule has 1 atom stereocenters. The monoisotopic (exact) mass is 416 g/mol. The van der Waals surface area contributed by atoms with Crippen LogP contribution in [0.1, 0.15) is 18.4 Å². The average Bonchev–Trinajstić information content (AvgIpc) is 2.75. The summed E-state index contributed by atoms with van der Waals surface area (Å²) in [5.41, 5.74) is 0.369. The first-order valence-corrected chi connectivity index (χ1v) is 10.4. The Morgan fingerprint density at radius 3 is 2.63 bits per heavy atom. The van der Waals surface area contributed by atoms with Crippen LogP contribution in [-0.4, -0.2) is 83.8 Å². The molecule has 0 amide bonds. The quantitative estimate of drug-likeness (QED) is 0.530. The molecule has 2 heterocycles. The molecule has 30 heavy (non-hydrogen) atoms. The Balaban J connectivity index is 1.46. The maximum Gasteiger partial charge on any atom is 0.225 e. The van der Waals surface area contributed by atoms with E-state index in [4.69, 9.17) is 14.6 Å². The van der Waals surface area contributed by atoms with Gasteiger partial charge in [0.1, 0.15) is 12.4 Å². The van der Waals surface area contributed by atoms with E-state index < -0.39 is 5.60 Å². The molecule has 164 valence electrons. The predicted molar refractivity (Wildman–Crippen MR) is 115 cm³/mol. The summed E-state index contributed by atoms with van der Waals surface area (Å²) in [4.78, 5) is 12.8. The lowest BCUT2D eigenvalue weighted by Gasteiger charge is -2.41. The van der Waals surface area contributed by atoms with E-state index in [9.17, 15) is 5.11 Å². The molecule has 8 heteroatoms. The topological polar surface area (TPSA) is 91.2 Å². The Bertz CT molecular complexity index is 747. The molecule has 8 nitrogen and oxygen atoms in total. The number of likely N-dealkylation sites (N-methyl/N-ethyl adjacent to an activating group) is 1. The number of β-amino-alcohol motifs (C(OH)–C–C–N with tert-alkyl or cyclic N) is 1. The van der Waals surface area contributed by atoms with Crippen molar-refractivity contribution in [3.63, 3.8) is 0 Å². The summed E-state index contributed by atoms with van der Waals surface area (Å²) < 4.78 is 10.8. The second-order valence-corrected chi connectivity index (χ2v) is 7.80. The van der Waals surface area contributed by atoms with Crippen molar-refractivity contribution < 1.29 is 19.7 Å². The number of anilines is 1. The van der Waals surface area contributed by atoms with E-state index in [0.717, 1.165) is 37.2 Å². The fraction of sp³-hybridized carbons (Fsp3) is 0.545. The van der Waals surface area contributed by atoms with Crippen LogP contribution >= 0.6 is 0 Å². The lowest BCUT2D eigenvalue weighted by Crippen LogP contribution is -2.54. The molecule has 1 aliphatic heterocycles. The number of aliphatic hydroxyl groups is 2. The maximum atomic E-state index is 11.2. The van der Waals surface area contributed by atoms with Gasteiger partial charge < -0.3 is 24.6 Å². The number of hydrogen-bond acceptors (Lipinski definition) is 8. The van der Waals surface area contributed by atoms with Crippen molar-refractivity contribution >= 4 is 5.95 Å². The van der Waals surface area contributed by atoms with Gasteiger partial charge in [0.2, 0.25) is 5.95 Å². The van der Waals surface area contributed by atoms with Gasteiger partial charge in [0, 0.05) is 32.0 Å². The van der Waals surface area contributed by atoms with Gasteiger partial charge in [-0.2, -0.15) is 0 Å². The summed E-state index contributed by atoms with van der Waals surface area (Å²) in [6.45, 7) is 3.98. The first kappa shape index (κ1) is 22.4. The minimum absolute atomic E-state index is 0.0232. The van der Waals surface area contributed by atoms with Crippen LogP contribution in [0, 0.1) is 0 Å². The van der Waals surface area contributed by atoms with E-state index in [1.165, 1.54) is 0 Å². The van der Waals surface area contributed by atoms with Gasteiger partial charge in [-0.15, -0.1) is 0 Å². The Hall–Kier alpha value is -2.26. The smallest absolute Gasteiger partial charge is 0.225 e. The summed E-state index contributed by atoms with van der Waals surface area (Å²) in [6.07, 6.45) is 5.15. The van der Waals surface area contributed by atoms with Gasteiger partial charge in [-0.25, -0.2) is 9.97 Å². The van der Waals surface area contributed by atoms with Gasteiger partial charge in [-0.05, 0) is 43.7 Å². The van der Waals surface area contributed by atoms with Gasteiger partial charge in [0.15, 0.2) is 0 Å². The molecule has 1 aromatic carbocycles. The number of nitrogens with zero attached hydrogens (tertiary/aromatic N) is 4. The highest BCUT2D eigenvalue weighted by Crippen LogP contribution is 2.25. The van der Waals surface area contributed by atoms with Crippen LogP contribution in [0.15, 0.2) is 42.7 Å². The Morgan fingerprint density at radius 1 is 1.13 bits per heavy atom. The van der Waals surface area contributed by atoms with Crippen LogP contribution in [0.2, 0.25) is 0 Å². The third kappa shape index (κ3) is 6.91. The van der Waals surface area contributed by atoms with Crippen molar-refractivity contribution in [3.05, 3.63) is 48.3 Å². The first-order chi connectivity index (χ1) is 14.6. The predicted octanol–water partition coefficient (Wildman–Crippen LogP) is 1.33. The van der Waals surface area contributed by atoms with Crippen LogP contribution in [0.5, 0.6) is 5.75 Å². The highest BCUT2D eigenvalue weighted by atomic mass is 16.5. The zero-order valence-corrected chi connectivity index (χ0v) is 17.6. The molecule has 1 saturated heterocycles. The molecular formula is C22H32N4O4. The molecule has 2 aromatic rings. The van der Waals surface area contributed by atoms with Crippen molar-refractivity contribution in [2.45, 2.75) is 25.0 Å². The van der Waals surface area contributed by atoms with Crippen molar-refractivity contribution in [3.8, 4) is 5.75 Å². The third-order valence-electron chi connectivity index (χ3n) is 5.06. The lowest BCUT2D eigenvalue weighted by molar-refractivity contribution is -0.00366. The lowest BCUT2D eigenvalue weighted by atomic mass is 9.92.